The number of benzene rings is 2. The third kappa shape index (κ3) is 2.03. The van der Waals surface area contributed by atoms with Gasteiger partial charge in [-0.3, -0.25) is 4.79 Å². The second kappa shape index (κ2) is 4.88. The Hall–Kier alpha value is -2.09. The van der Waals surface area contributed by atoms with Crippen LogP contribution in [-0.2, 0) is 0 Å². The van der Waals surface area contributed by atoms with Crippen LogP contribution in [0.25, 0.3) is 0 Å². The van der Waals surface area contributed by atoms with Crippen LogP contribution in [0.2, 0.25) is 0 Å². The molecule has 1 heterocycles. The van der Waals surface area contributed by atoms with Crippen molar-refractivity contribution in [1.82, 2.24) is 0 Å². The molecule has 2 aromatic carbocycles. The Morgan fingerprint density at radius 1 is 1.00 bits per heavy atom. The highest BCUT2D eigenvalue weighted by Crippen LogP contribution is 2.39. The Kier molecular flexibility index (Phi) is 3.08. The minimum atomic E-state index is -0.173. The lowest BCUT2D eigenvalue weighted by atomic mass is 9.84. The average Bonchev–Trinajstić information content (AvgIpc) is 2.48. The molecule has 1 aliphatic rings. The van der Waals surface area contributed by atoms with Gasteiger partial charge in [-0.15, -0.1) is 0 Å². The molecule has 96 valence electrons. The van der Waals surface area contributed by atoms with E-state index in [-0.39, 0.29) is 17.8 Å². The van der Waals surface area contributed by atoms with Crippen LogP contribution in [-0.4, -0.2) is 5.78 Å². The maximum absolute atomic E-state index is 12.6. The molecule has 2 nitrogen and oxygen atoms in total. The van der Waals surface area contributed by atoms with E-state index >= 15 is 0 Å². The lowest BCUT2D eigenvalue weighted by molar-refractivity contribution is 0.0648. The zero-order valence-electron chi connectivity index (χ0n) is 10.9. The number of ether oxygens (including phenoxy) is 1. The molecule has 0 N–H and O–H groups in total. The van der Waals surface area contributed by atoms with Crippen molar-refractivity contribution in [3.63, 3.8) is 0 Å². The number of carbonyl (C=O) groups excluding carboxylic acids is 1. The fourth-order valence-corrected chi connectivity index (χ4v) is 2.67. The van der Waals surface area contributed by atoms with E-state index in [0.717, 1.165) is 12.0 Å². The van der Waals surface area contributed by atoms with Crippen LogP contribution in [0.5, 0.6) is 5.75 Å². The molecule has 2 unspecified atom stereocenters. The summed E-state index contributed by atoms with van der Waals surface area (Å²) in [5.74, 6) is 0.793. The van der Waals surface area contributed by atoms with Crippen LogP contribution >= 0.6 is 0 Å². The molecule has 19 heavy (non-hydrogen) atoms. The van der Waals surface area contributed by atoms with Crippen molar-refractivity contribution in [3.8, 4) is 5.75 Å². The molecule has 0 amide bonds. The van der Waals surface area contributed by atoms with E-state index in [1.807, 2.05) is 61.5 Å². The smallest absolute Gasteiger partial charge is 0.173 e. The second-order valence-corrected chi connectivity index (χ2v) is 4.82. The summed E-state index contributed by atoms with van der Waals surface area (Å²) in [5.41, 5.74) is 1.78. The normalized spacial score (nSPS) is 21.6. The largest absolute Gasteiger partial charge is 0.484 e. The number of hydrogen-bond acceptors (Lipinski definition) is 2. The molecule has 1 aliphatic heterocycles. The monoisotopic (exact) mass is 252 g/mol. The minimum Gasteiger partial charge on any atom is -0.484 e. The molecule has 0 saturated carbocycles. The van der Waals surface area contributed by atoms with Gasteiger partial charge >= 0.3 is 0 Å². The number of rotatable bonds is 2. The van der Waals surface area contributed by atoms with E-state index in [4.69, 9.17) is 4.74 Å². The maximum Gasteiger partial charge on any atom is 0.173 e. The predicted octanol–water partition coefficient (Wildman–Crippen LogP) is 4.03. The summed E-state index contributed by atoms with van der Waals surface area (Å²) in [5, 5.41) is 0. The van der Waals surface area contributed by atoms with Crippen molar-refractivity contribution in [1.29, 1.82) is 0 Å². The van der Waals surface area contributed by atoms with Gasteiger partial charge in [-0.25, -0.2) is 0 Å². The molecule has 0 radical (unpaired) electrons. The van der Waals surface area contributed by atoms with Gasteiger partial charge in [0.05, 0.1) is 11.5 Å². The summed E-state index contributed by atoms with van der Waals surface area (Å²) >= 11 is 0. The molecule has 0 saturated heterocycles. The van der Waals surface area contributed by atoms with Gasteiger partial charge in [0.25, 0.3) is 0 Å². The highest BCUT2D eigenvalue weighted by atomic mass is 16.5. The summed E-state index contributed by atoms with van der Waals surface area (Å²) in [6, 6.07) is 17.5. The minimum absolute atomic E-state index is 0.0997. The van der Waals surface area contributed by atoms with Crippen molar-refractivity contribution in [2.75, 3.05) is 0 Å². The Morgan fingerprint density at radius 2 is 1.68 bits per heavy atom. The number of ketones is 1. The van der Waals surface area contributed by atoms with Crippen LogP contribution < -0.4 is 4.74 Å². The van der Waals surface area contributed by atoms with Crippen LogP contribution in [0.3, 0.4) is 0 Å². The van der Waals surface area contributed by atoms with Crippen molar-refractivity contribution < 1.29 is 9.53 Å². The summed E-state index contributed by atoms with van der Waals surface area (Å²) in [4.78, 5) is 12.6. The molecule has 2 heteroatoms. The van der Waals surface area contributed by atoms with Crippen LogP contribution in [0.4, 0.5) is 0 Å². The highest BCUT2D eigenvalue weighted by Gasteiger charge is 2.36. The van der Waals surface area contributed by atoms with Crippen molar-refractivity contribution >= 4 is 5.78 Å². The van der Waals surface area contributed by atoms with Crippen LogP contribution in [0.1, 0.15) is 35.4 Å². The first kappa shape index (κ1) is 12.0. The molecule has 0 aromatic heterocycles. The fourth-order valence-electron chi connectivity index (χ4n) is 2.67. The molecule has 0 aliphatic carbocycles. The van der Waals surface area contributed by atoms with E-state index < -0.39 is 0 Å². The first-order valence-electron chi connectivity index (χ1n) is 6.66. The van der Waals surface area contributed by atoms with Gasteiger partial charge < -0.3 is 4.74 Å². The van der Waals surface area contributed by atoms with E-state index in [2.05, 4.69) is 0 Å². The van der Waals surface area contributed by atoms with Crippen molar-refractivity contribution in [2.45, 2.75) is 19.4 Å². The summed E-state index contributed by atoms with van der Waals surface area (Å²) in [6.45, 7) is 2.04. The Labute approximate surface area is 113 Å². The number of fused-ring (bicyclic) bond motifs is 1. The topological polar surface area (TPSA) is 26.3 Å². The first-order chi connectivity index (χ1) is 9.31. The predicted molar refractivity (Wildman–Crippen MR) is 74.4 cm³/mol. The van der Waals surface area contributed by atoms with Gasteiger partial charge in [0, 0.05) is 0 Å². The van der Waals surface area contributed by atoms with E-state index in [1.165, 1.54) is 0 Å². The van der Waals surface area contributed by atoms with E-state index in [9.17, 15) is 4.79 Å². The fraction of sp³-hybridized carbons (Fsp3) is 0.235. The maximum atomic E-state index is 12.6. The van der Waals surface area contributed by atoms with Gasteiger partial charge in [0.15, 0.2) is 5.78 Å². The average molecular weight is 252 g/mol. The molecule has 2 aromatic rings. The molecule has 3 rings (SSSR count). The highest BCUT2D eigenvalue weighted by molar-refractivity contribution is 6.01. The standard InChI is InChI=1S/C17H16O2/c1-2-13-16(18)14-10-6-7-11-15(14)19-17(13)12-8-4-3-5-9-12/h3-11,13,17H,2H2,1H3. The molecule has 0 bridgehead atoms. The molecule has 0 spiro atoms. The van der Waals surface area contributed by atoms with Gasteiger partial charge in [-0.05, 0) is 24.1 Å². The van der Waals surface area contributed by atoms with Gasteiger partial charge in [0.1, 0.15) is 11.9 Å². The lowest BCUT2D eigenvalue weighted by Crippen LogP contribution is -2.31. The molecule has 0 fully saturated rings. The zero-order chi connectivity index (χ0) is 13.2. The Morgan fingerprint density at radius 3 is 2.42 bits per heavy atom. The number of Topliss-reactive ketones (excluding diaryl/α,β-unsaturated/α-hetero) is 1. The number of para-hydroxylation sites is 1. The number of carbonyl (C=O) groups is 1. The Bertz CT molecular complexity index is 589. The van der Waals surface area contributed by atoms with Crippen molar-refractivity contribution in [3.05, 3.63) is 65.7 Å². The second-order valence-electron chi connectivity index (χ2n) is 4.82. The number of hydrogen-bond donors (Lipinski definition) is 0. The zero-order valence-corrected chi connectivity index (χ0v) is 10.9. The van der Waals surface area contributed by atoms with Crippen LogP contribution in [0, 0.1) is 5.92 Å². The van der Waals surface area contributed by atoms with E-state index in [0.29, 0.717) is 11.3 Å². The van der Waals surface area contributed by atoms with Crippen molar-refractivity contribution in [2.24, 2.45) is 5.92 Å². The first-order valence-corrected chi connectivity index (χ1v) is 6.66. The van der Waals surface area contributed by atoms with Gasteiger partial charge in [-0.2, -0.15) is 0 Å². The third-order valence-corrected chi connectivity index (χ3v) is 3.68. The van der Waals surface area contributed by atoms with Gasteiger partial charge in [-0.1, -0.05) is 49.4 Å². The van der Waals surface area contributed by atoms with Crippen LogP contribution in [0.15, 0.2) is 54.6 Å². The Balaban J connectivity index is 2.05. The quantitative estimate of drug-likeness (QED) is 0.806. The SMILES string of the molecule is CCC1C(=O)c2ccccc2OC1c1ccccc1. The van der Waals surface area contributed by atoms with E-state index in [1.54, 1.807) is 0 Å². The molecule has 2 atom stereocenters. The van der Waals surface area contributed by atoms with Gasteiger partial charge in [0.2, 0.25) is 0 Å². The lowest BCUT2D eigenvalue weighted by Gasteiger charge is -2.32. The molecular formula is C17H16O2. The summed E-state index contributed by atoms with van der Waals surface area (Å²) in [6.07, 6.45) is 0.612. The summed E-state index contributed by atoms with van der Waals surface area (Å²) in [7, 11) is 0. The summed E-state index contributed by atoms with van der Waals surface area (Å²) < 4.78 is 6.07. The molecular weight excluding hydrogens is 236 g/mol. The third-order valence-electron chi connectivity index (χ3n) is 3.68.